The van der Waals surface area contributed by atoms with E-state index in [9.17, 15) is 26.7 Å². The van der Waals surface area contributed by atoms with Gasteiger partial charge in [0, 0.05) is 5.39 Å². The van der Waals surface area contributed by atoms with Crippen LogP contribution in [0.5, 0.6) is 0 Å². The predicted molar refractivity (Wildman–Crippen MR) is 105 cm³/mol. The van der Waals surface area contributed by atoms with Gasteiger partial charge in [-0.1, -0.05) is 6.07 Å². The molecule has 0 aromatic heterocycles. The maximum Gasteiger partial charge on any atom is 0.335 e. The van der Waals surface area contributed by atoms with Crippen LogP contribution in [0.15, 0.2) is 40.1 Å². The fourth-order valence-corrected chi connectivity index (χ4v) is 5.26. The van der Waals surface area contributed by atoms with Crippen molar-refractivity contribution in [2.45, 2.75) is 60.8 Å². The normalized spacial score (nSPS) is 13.7. The molecule has 0 spiro atoms. The molecule has 0 atom stereocenters. The number of carboxylic acids is 1. The van der Waals surface area contributed by atoms with Gasteiger partial charge >= 0.3 is 5.97 Å². The molecule has 0 bridgehead atoms. The second-order valence-electron chi connectivity index (χ2n) is 8.39. The molecule has 0 saturated heterocycles. The number of carboxylic acid groups (broad SMARTS) is 1. The van der Waals surface area contributed by atoms with Crippen LogP contribution in [-0.2, 0) is 19.7 Å². The van der Waals surface area contributed by atoms with Gasteiger partial charge in [-0.15, -0.1) is 0 Å². The lowest BCUT2D eigenvalue weighted by Gasteiger charge is -2.23. The topological polar surface area (TPSA) is 106 Å². The zero-order valence-electron chi connectivity index (χ0n) is 16.2. The minimum atomic E-state index is -3.88. The second kappa shape index (κ2) is 6.31. The monoisotopic (exact) mass is 412 g/mol. The third-order valence-electron chi connectivity index (χ3n) is 4.35. The average molecular weight is 413 g/mol. The lowest BCUT2D eigenvalue weighted by molar-refractivity contribution is 0.0697. The molecule has 0 aliphatic carbocycles. The van der Waals surface area contributed by atoms with E-state index in [0.29, 0.717) is 5.39 Å². The van der Waals surface area contributed by atoms with Crippen LogP contribution in [0.3, 0.4) is 0 Å². The third kappa shape index (κ3) is 3.60. The van der Waals surface area contributed by atoms with Gasteiger partial charge in [-0.3, -0.25) is 0 Å². The molecule has 1 N–H and O–H groups in total. The Morgan fingerprint density at radius 3 is 1.78 bits per heavy atom. The molecule has 0 aliphatic heterocycles. The number of aromatic carboxylic acids is 1. The highest BCUT2D eigenvalue weighted by Gasteiger charge is 2.36. The van der Waals surface area contributed by atoms with Crippen molar-refractivity contribution in [1.82, 2.24) is 0 Å². The highest BCUT2D eigenvalue weighted by molar-refractivity contribution is 7.93. The summed E-state index contributed by atoms with van der Waals surface area (Å²) in [6, 6.07) is 6.53. The molecule has 0 amide bonds. The van der Waals surface area contributed by atoms with Gasteiger partial charge in [-0.05, 0) is 71.2 Å². The van der Waals surface area contributed by atoms with Crippen LogP contribution in [0.4, 0.5) is 0 Å². The SMILES string of the molecule is CC(C)(C)S(=O)(=O)c1cc(S(=O)(=O)C(C)(C)C)c2ccc(C(=O)O)cc2c1. The summed E-state index contributed by atoms with van der Waals surface area (Å²) in [4.78, 5) is 11.0. The van der Waals surface area contributed by atoms with Gasteiger partial charge in [0.2, 0.25) is 0 Å². The summed E-state index contributed by atoms with van der Waals surface area (Å²) >= 11 is 0. The molecule has 0 saturated carbocycles. The minimum Gasteiger partial charge on any atom is -0.478 e. The smallest absolute Gasteiger partial charge is 0.335 e. The van der Waals surface area contributed by atoms with Crippen molar-refractivity contribution in [2.75, 3.05) is 0 Å². The van der Waals surface area contributed by atoms with E-state index in [2.05, 4.69) is 0 Å². The van der Waals surface area contributed by atoms with Crippen molar-refractivity contribution in [1.29, 1.82) is 0 Å². The number of carbonyl (C=O) groups is 1. The summed E-state index contributed by atoms with van der Waals surface area (Å²) in [5, 5.41) is 9.77. The van der Waals surface area contributed by atoms with E-state index >= 15 is 0 Å². The van der Waals surface area contributed by atoms with E-state index < -0.39 is 35.1 Å². The van der Waals surface area contributed by atoms with E-state index in [-0.39, 0.29) is 20.7 Å². The summed E-state index contributed by atoms with van der Waals surface area (Å²) in [7, 11) is -7.72. The molecule has 8 heteroatoms. The maximum atomic E-state index is 13.1. The zero-order valence-corrected chi connectivity index (χ0v) is 17.8. The highest BCUT2D eigenvalue weighted by Crippen LogP contribution is 2.36. The molecule has 2 aromatic carbocycles. The number of sulfone groups is 2. The first-order valence-electron chi connectivity index (χ1n) is 8.30. The van der Waals surface area contributed by atoms with Crippen molar-refractivity contribution < 1.29 is 26.7 Å². The Hall–Kier alpha value is -1.93. The van der Waals surface area contributed by atoms with Gasteiger partial charge in [0.05, 0.1) is 24.8 Å². The summed E-state index contributed by atoms with van der Waals surface area (Å²) in [5.41, 5.74) is -0.0492. The first-order valence-corrected chi connectivity index (χ1v) is 11.3. The van der Waals surface area contributed by atoms with Crippen LogP contribution in [-0.4, -0.2) is 37.4 Å². The summed E-state index contributed by atoms with van der Waals surface area (Å²) in [5.74, 6) is -1.18. The summed E-state index contributed by atoms with van der Waals surface area (Å²) < 4.78 is 49.8. The quantitative estimate of drug-likeness (QED) is 0.824. The molecule has 0 aliphatic rings. The fraction of sp³-hybridized carbons (Fsp3) is 0.421. The Morgan fingerprint density at radius 1 is 0.815 bits per heavy atom. The first kappa shape index (κ1) is 21.4. The molecule has 148 valence electrons. The molecule has 0 heterocycles. The van der Waals surface area contributed by atoms with E-state index in [4.69, 9.17) is 0 Å². The van der Waals surface area contributed by atoms with Crippen molar-refractivity contribution in [3.05, 3.63) is 35.9 Å². The lowest BCUT2D eigenvalue weighted by Crippen LogP contribution is -2.30. The maximum absolute atomic E-state index is 13.1. The molecule has 2 rings (SSSR count). The molecule has 27 heavy (non-hydrogen) atoms. The fourth-order valence-electron chi connectivity index (χ4n) is 2.50. The molecule has 0 fully saturated rings. The number of benzene rings is 2. The van der Waals surface area contributed by atoms with Gasteiger partial charge in [0.15, 0.2) is 19.7 Å². The van der Waals surface area contributed by atoms with Crippen LogP contribution in [0.1, 0.15) is 51.9 Å². The Kier molecular flexibility index (Phi) is 4.99. The van der Waals surface area contributed by atoms with Crippen molar-refractivity contribution in [3.63, 3.8) is 0 Å². The van der Waals surface area contributed by atoms with E-state index in [1.165, 1.54) is 71.9 Å². The predicted octanol–water partition coefficient (Wildman–Crippen LogP) is 3.68. The Bertz CT molecular complexity index is 1130. The largest absolute Gasteiger partial charge is 0.478 e. The van der Waals surface area contributed by atoms with Crippen LogP contribution in [0.2, 0.25) is 0 Å². The zero-order chi connectivity index (χ0) is 21.0. The molecule has 0 unspecified atom stereocenters. The number of hydrogen-bond donors (Lipinski definition) is 1. The van der Waals surface area contributed by atoms with Crippen molar-refractivity contribution in [3.8, 4) is 0 Å². The minimum absolute atomic E-state index is 0.0492. The van der Waals surface area contributed by atoms with Gasteiger partial charge in [-0.2, -0.15) is 0 Å². The van der Waals surface area contributed by atoms with Gasteiger partial charge < -0.3 is 5.11 Å². The van der Waals surface area contributed by atoms with Gasteiger partial charge in [-0.25, -0.2) is 21.6 Å². The van der Waals surface area contributed by atoms with E-state index in [1.807, 2.05) is 0 Å². The summed E-state index contributed by atoms with van der Waals surface area (Å²) in [6.07, 6.45) is 0. The highest BCUT2D eigenvalue weighted by atomic mass is 32.2. The Labute approximate surface area is 160 Å². The summed E-state index contributed by atoms with van der Waals surface area (Å²) in [6.45, 7) is 9.18. The van der Waals surface area contributed by atoms with Crippen LogP contribution < -0.4 is 0 Å². The molecular formula is C19H24O6S2. The molecule has 0 radical (unpaired) electrons. The average Bonchev–Trinajstić information content (AvgIpc) is 2.50. The van der Waals surface area contributed by atoms with Crippen molar-refractivity contribution >= 4 is 36.4 Å². The lowest BCUT2D eigenvalue weighted by atomic mass is 10.1. The molecule has 2 aromatic rings. The Balaban J connectivity index is 3.04. The number of rotatable bonds is 3. The third-order valence-corrected chi connectivity index (χ3v) is 9.35. The number of hydrogen-bond acceptors (Lipinski definition) is 5. The first-order chi connectivity index (χ1) is 12.0. The van der Waals surface area contributed by atoms with Crippen LogP contribution in [0.25, 0.3) is 10.8 Å². The Morgan fingerprint density at radius 2 is 1.33 bits per heavy atom. The molecular weight excluding hydrogens is 388 g/mol. The van der Waals surface area contributed by atoms with Crippen LogP contribution >= 0.6 is 0 Å². The van der Waals surface area contributed by atoms with Crippen molar-refractivity contribution in [2.24, 2.45) is 0 Å². The van der Waals surface area contributed by atoms with E-state index in [1.54, 1.807) is 0 Å². The van der Waals surface area contributed by atoms with Crippen LogP contribution in [0, 0.1) is 0 Å². The second-order valence-corrected chi connectivity index (χ2v) is 13.8. The number of fused-ring (bicyclic) bond motifs is 1. The van der Waals surface area contributed by atoms with Gasteiger partial charge in [0.25, 0.3) is 0 Å². The standard InChI is InChI=1S/C19H24O6S2/c1-18(2,3)26(22,23)14-10-13-9-12(17(20)21)7-8-15(13)16(11-14)27(24,25)19(4,5)6/h7-11H,1-6H3,(H,20,21). The van der Waals surface area contributed by atoms with Gasteiger partial charge in [0.1, 0.15) is 0 Å². The molecule has 6 nitrogen and oxygen atoms in total. The van der Waals surface area contributed by atoms with E-state index in [0.717, 1.165) is 0 Å².